The molecule has 1 rings (SSSR count). The number of thiocarbonyl (C=S) groups is 1. The third-order valence-electron chi connectivity index (χ3n) is 3.28. The minimum absolute atomic E-state index is 0.0185. The van der Waals surface area contributed by atoms with E-state index in [1.165, 1.54) is 0 Å². The summed E-state index contributed by atoms with van der Waals surface area (Å²) in [5.74, 6) is 0.761. The largest absolute Gasteiger partial charge is 0.497 e. The lowest BCUT2D eigenvalue weighted by atomic mass is 10.1. The Morgan fingerprint density at radius 1 is 1.24 bits per heavy atom. The molecule has 0 bridgehead atoms. The zero-order valence-corrected chi connectivity index (χ0v) is 13.6. The maximum Gasteiger partial charge on any atom is 0.253 e. The van der Waals surface area contributed by atoms with E-state index in [0.717, 1.165) is 31.6 Å². The predicted molar refractivity (Wildman–Crippen MR) is 89.8 cm³/mol. The van der Waals surface area contributed by atoms with Gasteiger partial charge in [0.25, 0.3) is 5.91 Å². The van der Waals surface area contributed by atoms with Gasteiger partial charge in [-0.2, -0.15) is 0 Å². The summed E-state index contributed by atoms with van der Waals surface area (Å²) in [6, 6.07) is 7.17. The molecule has 0 spiro atoms. The van der Waals surface area contributed by atoms with Crippen LogP contribution in [0.15, 0.2) is 24.3 Å². The molecular formula is C16H24N2O2S. The maximum absolute atomic E-state index is 12.6. The van der Waals surface area contributed by atoms with E-state index in [9.17, 15) is 4.79 Å². The van der Waals surface area contributed by atoms with Crippen molar-refractivity contribution in [2.45, 2.75) is 32.6 Å². The molecule has 1 aromatic rings. The number of nitrogens with two attached hydrogens (primary N) is 1. The Morgan fingerprint density at radius 3 is 2.43 bits per heavy atom. The second-order valence-corrected chi connectivity index (χ2v) is 5.47. The normalized spacial score (nSPS) is 10.2. The van der Waals surface area contributed by atoms with Gasteiger partial charge in [-0.3, -0.25) is 4.79 Å². The van der Waals surface area contributed by atoms with Crippen LogP contribution in [0.1, 0.15) is 43.0 Å². The van der Waals surface area contributed by atoms with Gasteiger partial charge in [0.2, 0.25) is 0 Å². The van der Waals surface area contributed by atoms with Gasteiger partial charge in [0, 0.05) is 25.1 Å². The zero-order chi connectivity index (χ0) is 15.7. The highest BCUT2D eigenvalue weighted by Crippen LogP contribution is 2.14. The van der Waals surface area contributed by atoms with Gasteiger partial charge < -0.3 is 15.4 Å². The van der Waals surface area contributed by atoms with E-state index in [2.05, 4.69) is 6.92 Å². The van der Waals surface area contributed by atoms with E-state index in [1.807, 2.05) is 4.90 Å². The molecule has 1 amide bonds. The van der Waals surface area contributed by atoms with E-state index in [0.29, 0.717) is 23.5 Å². The topological polar surface area (TPSA) is 55.6 Å². The first kappa shape index (κ1) is 17.4. The van der Waals surface area contributed by atoms with E-state index in [4.69, 9.17) is 22.7 Å². The van der Waals surface area contributed by atoms with Crippen LogP contribution in [0.4, 0.5) is 0 Å². The van der Waals surface area contributed by atoms with Crippen LogP contribution in [0.25, 0.3) is 0 Å². The molecule has 0 aliphatic carbocycles. The molecule has 0 aromatic heterocycles. The van der Waals surface area contributed by atoms with Crippen molar-refractivity contribution in [3.8, 4) is 5.75 Å². The van der Waals surface area contributed by atoms with Crippen LogP contribution in [-0.4, -0.2) is 36.0 Å². The molecule has 0 saturated heterocycles. The van der Waals surface area contributed by atoms with Gasteiger partial charge in [0.05, 0.1) is 12.1 Å². The summed E-state index contributed by atoms with van der Waals surface area (Å²) >= 11 is 4.91. The molecule has 0 fully saturated rings. The average Bonchev–Trinajstić information content (AvgIpc) is 2.50. The van der Waals surface area contributed by atoms with Crippen molar-refractivity contribution >= 4 is 23.1 Å². The number of amides is 1. The van der Waals surface area contributed by atoms with Crippen molar-refractivity contribution in [1.82, 2.24) is 4.90 Å². The Balaban J connectivity index is 2.73. The summed E-state index contributed by atoms with van der Waals surface area (Å²) in [5.41, 5.74) is 6.21. The number of carbonyl (C=O) groups is 1. The summed E-state index contributed by atoms with van der Waals surface area (Å²) in [6.07, 6.45) is 3.79. The molecule has 0 aliphatic rings. The molecule has 21 heavy (non-hydrogen) atoms. The van der Waals surface area contributed by atoms with Crippen molar-refractivity contribution in [1.29, 1.82) is 0 Å². The summed E-state index contributed by atoms with van der Waals surface area (Å²) in [4.78, 5) is 14.8. The Morgan fingerprint density at radius 2 is 1.90 bits per heavy atom. The number of unbranched alkanes of at least 4 members (excludes halogenated alkanes) is 2. The molecule has 2 N–H and O–H groups in total. The van der Waals surface area contributed by atoms with Gasteiger partial charge in [0.15, 0.2) is 0 Å². The number of ether oxygens (including phenoxy) is 1. The molecule has 4 nitrogen and oxygen atoms in total. The van der Waals surface area contributed by atoms with Gasteiger partial charge in [-0.25, -0.2) is 0 Å². The van der Waals surface area contributed by atoms with Crippen LogP contribution >= 0.6 is 12.2 Å². The molecule has 116 valence electrons. The first-order valence-corrected chi connectivity index (χ1v) is 7.71. The van der Waals surface area contributed by atoms with Crippen LogP contribution in [0, 0.1) is 0 Å². The Hall–Kier alpha value is -1.62. The van der Waals surface area contributed by atoms with Gasteiger partial charge >= 0.3 is 0 Å². The summed E-state index contributed by atoms with van der Waals surface area (Å²) in [7, 11) is 1.61. The average molecular weight is 308 g/mol. The summed E-state index contributed by atoms with van der Waals surface area (Å²) < 4.78 is 5.11. The predicted octanol–water partition coefficient (Wildman–Crippen LogP) is 3.00. The molecule has 0 unspecified atom stereocenters. The fourth-order valence-corrected chi connectivity index (χ4v) is 2.12. The van der Waals surface area contributed by atoms with Gasteiger partial charge in [-0.15, -0.1) is 0 Å². The third kappa shape index (κ3) is 6.12. The second-order valence-electron chi connectivity index (χ2n) is 4.94. The monoisotopic (exact) mass is 308 g/mol. The third-order valence-corrected chi connectivity index (χ3v) is 3.49. The molecule has 0 radical (unpaired) electrons. The van der Waals surface area contributed by atoms with Crippen molar-refractivity contribution in [3.63, 3.8) is 0 Å². The van der Waals surface area contributed by atoms with E-state index in [1.54, 1.807) is 31.4 Å². The number of hydrogen-bond acceptors (Lipinski definition) is 3. The Bertz CT molecular complexity index is 460. The summed E-state index contributed by atoms with van der Waals surface area (Å²) in [5, 5.41) is 0. The van der Waals surface area contributed by atoms with Gasteiger partial charge in [-0.05, 0) is 30.7 Å². The molecule has 0 aliphatic heterocycles. The lowest BCUT2D eigenvalue weighted by molar-refractivity contribution is 0.0757. The van der Waals surface area contributed by atoms with E-state index >= 15 is 0 Å². The van der Waals surface area contributed by atoms with Crippen LogP contribution in [0.3, 0.4) is 0 Å². The Kier molecular flexibility index (Phi) is 7.75. The van der Waals surface area contributed by atoms with Crippen LogP contribution in [-0.2, 0) is 0 Å². The fourth-order valence-electron chi connectivity index (χ4n) is 2.03. The number of carbonyl (C=O) groups excluding carboxylic acids is 1. The number of methoxy groups -OCH3 is 1. The SMILES string of the molecule is CCCCCN(CCC(N)=S)C(=O)c1ccc(OC)cc1. The minimum atomic E-state index is 0.0185. The van der Waals surface area contributed by atoms with Gasteiger partial charge in [0.1, 0.15) is 5.75 Å². The van der Waals surface area contributed by atoms with E-state index in [-0.39, 0.29) is 5.91 Å². The molecule has 0 heterocycles. The maximum atomic E-state index is 12.6. The molecule has 5 heteroatoms. The highest BCUT2D eigenvalue weighted by atomic mass is 32.1. The highest BCUT2D eigenvalue weighted by molar-refractivity contribution is 7.80. The quantitative estimate of drug-likeness (QED) is 0.563. The molecule has 0 saturated carbocycles. The van der Waals surface area contributed by atoms with Gasteiger partial charge in [-0.1, -0.05) is 32.0 Å². The number of hydrogen-bond donors (Lipinski definition) is 1. The van der Waals surface area contributed by atoms with Crippen molar-refractivity contribution < 1.29 is 9.53 Å². The van der Waals surface area contributed by atoms with Crippen molar-refractivity contribution in [3.05, 3.63) is 29.8 Å². The molecule has 0 atom stereocenters. The Labute approximate surface area is 132 Å². The minimum Gasteiger partial charge on any atom is -0.497 e. The second kappa shape index (κ2) is 9.34. The fraction of sp³-hybridized carbons (Fsp3) is 0.500. The summed E-state index contributed by atoms with van der Waals surface area (Å²) in [6.45, 7) is 3.45. The van der Waals surface area contributed by atoms with Crippen LogP contribution in [0.5, 0.6) is 5.75 Å². The molecule has 1 aromatic carbocycles. The lowest BCUT2D eigenvalue weighted by Gasteiger charge is -2.22. The number of benzene rings is 1. The van der Waals surface area contributed by atoms with Crippen molar-refractivity contribution in [2.75, 3.05) is 20.2 Å². The highest BCUT2D eigenvalue weighted by Gasteiger charge is 2.15. The molecular weight excluding hydrogens is 284 g/mol. The van der Waals surface area contributed by atoms with Crippen LogP contribution < -0.4 is 10.5 Å². The van der Waals surface area contributed by atoms with E-state index < -0.39 is 0 Å². The lowest BCUT2D eigenvalue weighted by Crippen LogP contribution is -2.34. The standard InChI is InChI=1S/C16H24N2O2S/c1-3-4-5-11-18(12-10-15(17)21)16(19)13-6-8-14(20-2)9-7-13/h6-9H,3-5,10-12H2,1-2H3,(H2,17,21). The van der Waals surface area contributed by atoms with Crippen molar-refractivity contribution in [2.24, 2.45) is 5.73 Å². The number of nitrogens with zero attached hydrogens (tertiary/aromatic N) is 1. The first-order valence-electron chi connectivity index (χ1n) is 7.30. The first-order chi connectivity index (χ1) is 10.1. The zero-order valence-electron chi connectivity index (χ0n) is 12.8. The number of rotatable bonds is 9. The smallest absolute Gasteiger partial charge is 0.253 e. The van der Waals surface area contributed by atoms with Crippen LogP contribution in [0.2, 0.25) is 0 Å².